The Morgan fingerprint density at radius 1 is 1.25 bits per heavy atom. The second-order valence-corrected chi connectivity index (χ2v) is 7.28. The van der Waals surface area contributed by atoms with E-state index in [-0.39, 0.29) is 30.9 Å². The molecule has 1 aromatic rings. The van der Waals surface area contributed by atoms with Crippen molar-refractivity contribution in [3.8, 4) is 11.5 Å². The number of amides is 1. The summed E-state index contributed by atoms with van der Waals surface area (Å²) in [5.74, 6) is -0.255. The lowest BCUT2D eigenvalue weighted by Gasteiger charge is -2.33. The number of benzene rings is 1. The maximum absolute atomic E-state index is 12.9. The molecule has 3 aliphatic rings. The van der Waals surface area contributed by atoms with Gasteiger partial charge in [0, 0.05) is 12.5 Å². The number of carbonyl (C=O) groups excluding carboxylic acids is 3. The maximum atomic E-state index is 12.9. The Balaban J connectivity index is 1.54. The second kappa shape index (κ2) is 4.82. The Morgan fingerprint density at radius 2 is 2.00 bits per heavy atom. The minimum Gasteiger partial charge on any atom is -0.454 e. The number of hydrogen-bond donors (Lipinski definition) is 1. The standard InChI is InChI=1S/C18H19NO5/c1-17(2)11-5-6-18(17,15(21)14(11)20)16(22)19-8-10-3-4-12-13(7-10)24-9-23-12/h3-4,7,11H,5-6,8-9H2,1-2H3,(H,19,22)/t11-,18+/m0/s1. The molecule has 2 atom stereocenters. The summed E-state index contributed by atoms with van der Waals surface area (Å²) in [6, 6.07) is 5.45. The number of Topliss-reactive ketones (excluding diaryl/α,β-unsaturated/α-hetero) is 2. The highest BCUT2D eigenvalue weighted by molar-refractivity contribution is 6.47. The van der Waals surface area contributed by atoms with Crippen LogP contribution in [0.25, 0.3) is 0 Å². The predicted octanol–water partition coefficient (Wildman–Crippen LogP) is 1.61. The SMILES string of the molecule is CC1(C)[C@H]2CC[C@]1(C(=O)NCc1ccc3c(c1)OCO3)C(=O)C2=O. The van der Waals surface area contributed by atoms with Gasteiger partial charge in [-0.05, 0) is 36.0 Å². The number of ketones is 2. The molecule has 1 aliphatic heterocycles. The molecule has 2 aliphatic carbocycles. The molecule has 24 heavy (non-hydrogen) atoms. The molecule has 1 amide bonds. The molecule has 0 spiro atoms. The minimum absolute atomic E-state index is 0.195. The first-order valence-corrected chi connectivity index (χ1v) is 8.13. The smallest absolute Gasteiger partial charge is 0.235 e. The van der Waals surface area contributed by atoms with Crippen molar-refractivity contribution in [1.82, 2.24) is 5.32 Å². The Hall–Kier alpha value is -2.37. The highest BCUT2D eigenvalue weighted by Gasteiger charge is 2.72. The van der Waals surface area contributed by atoms with E-state index in [0.29, 0.717) is 24.3 Å². The quantitative estimate of drug-likeness (QED) is 0.673. The maximum Gasteiger partial charge on any atom is 0.235 e. The highest BCUT2D eigenvalue weighted by Crippen LogP contribution is 2.62. The summed E-state index contributed by atoms with van der Waals surface area (Å²) < 4.78 is 10.6. The number of hydrogen-bond acceptors (Lipinski definition) is 5. The van der Waals surface area contributed by atoms with E-state index >= 15 is 0 Å². The van der Waals surface area contributed by atoms with Crippen molar-refractivity contribution in [2.45, 2.75) is 33.2 Å². The number of nitrogens with one attached hydrogen (secondary N) is 1. The van der Waals surface area contributed by atoms with E-state index in [4.69, 9.17) is 9.47 Å². The van der Waals surface area contributed by atoms with Gasteiger partial charge in [0.15, 0.2) is 11.5 Å². The fourth-order valence-electron chi connectivity index (χ4n) is 4.47. The van der Waals surface area contributed by atoms with Gasteiger partial charge in [-0.1, -0.05) is 19.9 Å². The molecular formula is C18H19NO5. The summed E-state index contributed by atoms with van der Waals surface area (Å²) in [5, 5.41) is 2.85. The van der Waals surface area contributed by atoms with E-state index in [1.807, 2.05) is 26.0 Å². The van der Waals surface area contributed by atoms with Crippen LogP contribution < -0.4 is 14.8 Å². The van der Waals surface area contributed by atoms with Gasteiger partial charge in [0.2, 0.25) is 24.3 Å². The van der Waals surface area contributed by atoms with Crippen LogP contribution in [0.5, 0.6) is 11.5 Å². The summed E-state index contributed by atoms with van der Waals surface area (Å²) in [6.45, 7) is 4.18. The van der Waals surface area contributed by atoms with E-state index < -0.39 is 16.6 Å². The molecule has 4 rings (SSSR count). The molecule has 0 radical (unpaired) electrons. The predicted molar refractivity (Wildman–Crippen MR) is 83.4 cm³/mol. The Morgan fingerprint density at radius 3 is 2.71 bits per heavy atom. The fraction of sp³-hybridized carbons (Fsp3) is 0.500. The number of carbonyl (C=O) groups is 3. The van der Waals surface area contributed by atoms with Crippen molar-refractivity contribution in [1.29, 1.82) is 0 Å². The Bertz CT molecular complexity index is 769. The van der Waals surface area contributed by atoms with Crippen LogP contribution in [0.3, 0.4) is 0 Å². The number of fused-ring (bicyclic) bond motifs is 3. The van der Waals surface area contributed by atoms with Gasteiger partial charge in [0.05, 0.1) is 0 Å². The summed E-state index contributed by atoms with van der Waals surface area (Å²) in [5.41, 5.74) is -0.987. The molecule has 1 heterocycles. The number of ether oxygens (including phenoxy) is 2. The zero-order valence-electron chi connectivity index (χ0n) is 13.7. The summed E-state index contributed by atoms with van der Waals surface area (Å²) >= 11 is 0. The third-order valence-electron chi connectivity index (χ3n) is 5.98. The van der Waals surface area contributed by atoms with Crippen LogP contribution in [-0.4, -0.2) is 24.3 Å². The highest BCUT2D eigenvalue weighted by atomic mass is 16.7. The fourth-order valence-corrected chi connectivity index (χ4v) is 4.47. The lowest BCUT2D eigenvalue weighted by molar-refractivity contribution is -0.149. The van der Waals surface area contributed by atoms with Crippen LogP contribution >= 0.6 is 0 Å². The van der Waals surface area contributed by atoms with Crippen molar-refractivity contribution in [2.24, 2.45) is 16.7 Å². The van der Waals surface area contributed by atoms with E-state index in [9.17, 15) is 14.4 Å². The molecule has 0 unspecified atom stereocenters. The average Bonchev–Trinajstić information content (AvgIpc) is 3.15. The Labute approximate surface area is 139 Å². The Kier molecular flexibility index (Phi) is 3.04. The third kappa shape index (κ3) is 1.74. The summed E-state index contributed by atoms with van der Waals surface area (Å²) in [7, 11) is 0. The first kappa shape index (κ1) is 15.2. The van der Waals surface area contributed by atoms with Crippen molar-refractivity contribution in [3.05, 3.63) is 23.8 Å². The second-order valence-electron chi connectivity index (χ2n) is 7.28. The van der Waals surface area contributed by atoms with Crippen molar-refractivity contribution < 1.29 is 23.9 Å². The van der Waals surface area contributed by atoms with Gasteiger partial charge in [0.1, 0.15) is 5.41 Å². The van der Waals surface area contributed by atoms with Crippen molar-refractivity contribution in [2.75, 3.05) is 6.79 Å². The van der Waals surface area contributed by atoms with Crippen LogP contribution in [0, 0.1) is 16.7 Å². The monoisotopic (exact) mass is 329 g/mol. The van der Waals surface area contributed by atoms with Gasteiger partial charge >= 0.3 is 0 Å². The molecular weight excluding hydrogens is 310 g/mol. The molecule has 2 fully saturated rings. The molecule has 126 valence electrons. The van der Waals surface area contributed by atoms with Crippen LogP contribution in [0.2, 0.25) is 0 Å². The van der Waals surface area contributed by atoms with Crippen LogP contribution in [-0.2, 0) is 20.9 Å². The van der Waals surface area contributed by atoms with Crippen LogP contribution in [0.15, 0.2) is 18.2 Å². The molecule has 1 N–H and O–H groups in total. The molecule has 2 bridgehead atoms. The summed E-state index contributed by atoms with van der Waals surface area (Å²) in [6.07, 6.45) is 1.05. The number of rotatable bonds is 3. The molecule has 1 aromatic carbocycles. The van der Waals surface area contributed by atoms with Crippen molar-refractivity contribution >= 4 is 17.5 Å². The largest absolute Gasteiger partial charge is 0.454 e. The molecule has 0 saturated heterocycles. The first-order chi connectivity index (χ1) is 11.4. The van der Waals surface area contributed by atoms with Crippen molar-refractivity contribution in [3.63, 3.8) is 0 Å². The van der Waals surface area contributed by atoms with E-state index in [1.54, 1.807) is 6.07 Å². The zero-order valence-corrected chi connectivity index (χ0v) is 13.7. The van der Waals surface area contributed by atoms with Crippen LogP contribution in [0.4, 0.5) is 0 Å². The van der Waals surface area contributed by atoms with E-state index in [2.05, 4.69) is 5.32 Å². The first-order valence-electron chi connectivity index (χ1n) is 8.13. The topological polar surface area (TPSA) is 81.7 Å². The van der Waals surface area contributed by atoms with E-state index in [0.717, 1.165) is 5.56 Å². The molecule has 2 saturated carbocycles. The normalized spacial score (nSPS) is 29.2. The van der Waals surface area contributed by atoms with Gasteiger partial charge in [-0.15, -0.1) is 0 Å². The van der Waals surface area contributed by atoms with Gasteiger partial charge in [-0.25, -0.2) is 0 Å². The van der Waals surface area contributed by atoms with Crippen LogP contribution in [0.1, 0.15) is 32.3 Å². The lowest BCUT2D eigenvalue weighted by Crippen LogP contribution is -2.50. The third-order valence-corrected chi connectivity index (χ3v) is 5.98. The molecule has 6 heteroatoms. The lowest BCUT2D eigenvalue weighted by atomic mass is 9.68. The van der Waals surface area contributed by atoms with Gasteiger partial charge < -0.3 is 14.8 Å². The van der Waals surface area contributed by atoms with Gasteiger partial charge in [-0.2, -0.15) is 0 Å². The van der Waals surface area contributed by atoms with Gasteiger partial charge in [-0.3, -0.25) is 14.4 Å². The van der Waals surface area contributed by atoms with Gasteiger partial charge in [0.25, 0.3) is 0 Å². The molecule has 6 nitrogen and oxygen atoms in total. The zero-order chi connectivity index (χ0) is 17.1. The summed E-state index contributed by atoms with van der Waals surface area (Å²) in [4.78, 5) is 37.5. The molecule has 0 aromatic heterocycles. The average molecular weight is 329 g/mol. The van der Waals surface area contributed by atoms with E-state index in [1.165, 1.54) is 0 Å². The minimum atomic E-state index is -1.22.